The van der Waals surface area contributed by atoms with Gasteiger partial charge in [-0.25, -0.2) is 0 Å². The standard InChI is InChI=1S/C22H20N2O6/c1-26-16-8-7-13(9-19(16)28-3)18-11-15(24-30-18)12-23-22(25)20-10-14-5-4-6-17(27-2)21(14)29-20/h4-11H,12H2,1-3H3,(H,23,25). The molecule has 4 aromatic rings. The minimum absolute atomic E-state index is 0.184. The summed E-state index contributed by atoms with van der Waals surface area (Å²) in [5, 5.41) is 7.58. The van der Waals surface area contributed by atoms with Crippen LogP contribution >= 0.6 is 0 Å². The number of nitrogens with one attached hydrogen (secondary N) is 1. The molecule has 1 N–H and O–H groups in total. The molecular weight excluding hydrogens is 388 g/mol. The SMILES string of the molecule is COc1ccc(-c2cc(CNC(=O)c3cc4cccc(OC)c4o3)no2)cc1OC. The summed E-state index contributed by atoms with van der Waals surface area (Å²) in [7, 11) is 4.69. The van der Waals surface area contributed by atoms with Gasteiger partial charge in [-0.2, -0.15) is 0 Å². The van der Waals surface area contributed by atoms with Gasteiger partial charge < -0.3 is 28.5 Å². The van der Waals surface area contributed by atoms with Crippen molar-refractivity contribution in [1.82, 2.24) is 10.5 Å². The molecule has 0 aliphatic heterocycles. The lowest BCUT2D eigenvalue weighted by Gasteiger charge is -2.07. The minimum atomic E-state index is -0.357. The first-order chi connectivity index (χ1) is 14.6. The number of hydrogen-bond donors (Lipinski definition) is 1. The summed E-state index contributed by atoms with van der Waals surface area (Å²) >= 11 is 0. The summed E-state index contributed by atoms with van der Waals surface area (Å²) in [5.74, 6) is 2.16. The zero-order valence-electron chi connectivity index (χ0n) is 16.7. The number of hydrogen-bond acceptors (Lipinski definition) is 7. The van der Waals surface area contributed by atoms with Crippen molar-refractivity contribution in [1.29, 1.82) is 0 Å². The van der Waals surface area contributed by atoms with Crippen LogP contribution in [0, 0.1) is 0 Å². The molecule has 2 aromatic carbocycles. The van der Waals surface area contributed by atoms with Crippen LogP contribution in [0.2, 0.25) is 0 Å². The van der Waals surface area contributed by atoms with Crippen LogP contribution in [0.1, 0.15) is 16.2 Å². The topological polar surface area (TPSA) is 96.0 Å². The number of aromatic nitrogens is 1. The molecule has 2 heterocycles. The van der Waals surface area contributed by atoms with Gasteiger partial charge in [-0.1, -0.05) is 17.3 Å². The van der Waals surface area contributed by atoms with Crippen LogP contribution in [0.4, 0.5) is 0 Å². The molecule has 154 valence electrons. The van der Waals surface area contributed by atoms with E-state index >= 15 is 0 Å². The third-order valence-electron chi connectivity index (χ3n) is 4.61. The molecule has 0 fully saturated rings. The quantitative estimate of drug-likeness (QED) is 0.493. The third-order valence-corrected chi connectivity index (χ3v) is 4.61. The molecule has 0 spiro atoms. The Bertz CT molecular complexity index is 1190. The van der Waals surface area contributed by atoms with Crippen molar-refractivity contribution in [3.05, 3.63) is 60.0 Å². The lowest BCUT2D eigenvalue weighted by molar-refractivity contribution is 0.0924. The Morgan fingerprint density at radius 1 is 0.967 bits per heavy atom. The number of furan rings is 1. The number of ether oxygens (including phenoxy) is 3. The van der Waals surface area contributed by atoms with Gasteiger partial charge in [0.25, 0.3) is 5.91 Å². The Morgan fingerprint density at radius 2 is 1.77 bits per heavy atom. The number of carbonyl (C=O) groups is 1. The van der Waals surface area contributed by atoms with Crippen molar-refractivity contribution in [3.8, 4) is 28.6 Å². The van der Waals surface area contributed by atoms with E-state index in [1.807, 2.05) is 18.2 Å². The number of amides is 1. The van der Waals surface area contributed by atoms with Crippen molar-refractivity contribution in [2.24, 2.45) is 0 Å². The highest BCUT2D eigenvalue weighted by atomic mass is 16.5. The van der Waals surface area contributed by atoms with Gasteiger partial charge in [-0.05, 0) is 30.3 Å². The summed E-state index contributed by atoms with van der Waals surface area (Å²) in [6.45, 7) is 0.184. The van der Waals surface area contributed by atoms with Gasteiger partial charge in [-0.15, -0.1) is 0 Å². The van der Waals surface area contributed by atoms with Crippen molar-refractivity contribution >= 4 is 16.9 Å². The largest absolute Gasteiger partial charge is 0.493 e. The molecule has 0 aliphatic carbocycles. The Hall–Kier alpha value is -3.94. The normalized spacial score (nSPS) is 10.8. The van der Waals surface area contributed by atoms with Crippen molar-refractivity contribution in [2.75, 3.05) is 21.3 Å². The van der Waals surface area contributed by atoms with Crippen LogP contribution in [0.3, 0.4) is 0 Å². The van der Waals surface area contributed by atoms with Crippen molar-refractivity contribution < 1.29 is 27.9 Å². The molecule has 2 aromatic heterocycles. The molecule has 30 heavy (non-hydrogen) atoms. The summed E-state index contributed by atoms with van der Waals surface area (Å²) in [6, 6.07) is 14.3. The number of carbonyl (C=O) groups excluding carboxylic acids is 1. The van der Waals surface area contributed by atoms with Gasteiger partial charge in [0, 0.05) is 17.0 Å². The fourth-order valence-corrected chi connectivity index (χ4v) is 3.09. The van der Waals surface area contributed by atoms with Crippen LogP contribution in [0.5, 0.6) is 17.2 Å². The summed E-state index contributed by atoms with van der Waals surface area (Å²) in [5.41, 5.74) is 1.88. The van der Waals surface area contributed by atoms with Gasteiger partial charge in [0.2, 0.25) is 0 Å². The molecule has 0 unspecified atom stereocenters. The molecule has 0 aliphatic rings. The highest BCUT2D eigenvalue weighted by molar-refractivity contribution is 5.97. The molecule has 0 radical (unpaired) electrons. The average molecular weight is 408 g/mol. The van der Waals surface area contributed by atoms with E-state index < -0.39 is 0 Å². The van der Waals surface area contributed by atoms with E-state index in [9.17, 15) is 4.79 Å². The number of rotatable bonds is 7. The Kier molecular flexibility index (Phi) is 5.30. The highest BCUT2D eigenvalue weighted by Crippen LogP contribution is 2.32. The van der Waals surface area contributed by atoms with Crippen molar-refractivity contribution in [2.45, 2.75) is 6.54 Å². The average Bonchev–Trinajstić information content (AvgIpc) is 3.44. The first-order valence-electron chi connectivity index (χ1n) is 9.15. The zero-order valence-corrected chi connectivity index (χ0v) is 16.7. The number of methoxy groups -OCH3 is 3. The minimum Gasteiger partial charge on any atom is -0.493 e. The highest BCUT2D eigenvalue weighted by Gasteiger charge is 2.16. The lowest BCUT2D eigenvalue weighted by atomic mass is 10.1. The van der Waals surface area contributed by atoms with Crippen LogP contribution in [-0.2, 0) is 6.54 Å². The van der Waals surface area contributed by atoms with Crippen LogP contribution in [0.25, 0.3) is 22.3 Å². The molecule has 8 nitrogen and oxygen atoms in total. The Morgan fingerprint density at radius 3 is 2.53 bits per heavy atom. The lowest BCUT2D eigenvalue weighted by Crippen LogP contribution is -2.22. The first-order valence-corrected chi connectivity index (χ1v) is 9.15. The number of para-hydroxylation sites is 1. The maximum Gasteiger partial charge on any atom is 0.287 e. The van der Waals surface area contributed by atoms with Crippen molar-refractivity contribution in [3.63, 3.8) is 0 Å². The van der Waals surface area contributed by atoms with Crippen LogP contribution in [-0.4, -0.2) is 32.4 Å². The fourth-order valence-electron chi connectivity index (χ4n) is 3.09. The van der Waals surface area contributed by atoms with E-state index in [-0.39, 0.29) is 18.2 Å². The Balaban J connectivity index is 1.46. The molecule has 0 saturated heterocycles. The van der Waals surface area contributed by atoms with Crippen LogP contribution in [0.15, 0.2) is 57.5 Å². The molecule has 0 bridgehead atoms. The monoisotopic (exact) mass is 408 g/mol. The summed E-state index contributed by atoms with van der Waals surface area (Å²) in [4.78, 5) is 12.5. The van der Waals surface area contributed by atoms with Gasteiger partial charge in [0.05, 0.1) is 27.9 Å². The second-order valence-electron chi connectivity index (χ2n) is 6.42. The summed E-state index contributed by atoms with van der Waals surface area (Å²) < 4.78 is 26.9. The van der Waals surface area contributed by atoms with E-state index in [0.29, 0.717) is 34.3 Å². The van der Waals surface area contributed by atoms with Gasteiger partial charge in [-0.3, -0.25) is 4.79 Å². The van der Waals surface area contributed by atoms with Crippen LogP contribution < -0.4 is 19.5 Å². The number of fused-ring (bicyclic) bond motifs is 1. The van der Waals surface area contributed by atoms with E-state index in [4.69, 9.17) is 23.2 Å². The smallest absolute Gasteiger partial charge is 0.287 e. The summed E-state index contributed by atoms with van der Waals surface area (Å²) in [6.07, 6.45) is 0. The molecule has 1 amide bonds. The molecular formula is C22H20N2O6. The molecule has 0 saturated carbocycles. The van der Waals surface area contributed by atoms with E-state index in [2.05, 4.69) is 10.5 Å². The predicted octanol–water partition coefficient (Wildman–Crippen LogP) is 4.04. The number of benzene rings is 2. The van der Waals surface area contributed by atoms with Gasteiger partial charge >= 0.3 is 0 Å². The van der Waals surface area contributed by atoms with E-state index in [1.165, 1.54) is 0 Å². The molecule has 8 heteroatoms. The number of nitrogens with zero attached hydrogens (tertiary/aromatic N) is 1. The molecule has 4 rings (SSSR count). The second kappa shape index (κ2) is 8.20. The maximum absolute atomic E-state index is 12.5. The second-order valence-corrected chi connectivity index (χ2v) is 6.42. The maximum atomic E-state index is 12.5. The van der Waals surface area contributed by atoms with Gasteiger partial charge in [0.15, 0.2) is 34.4 Å². The predicted molar refractivity (Wildman–Crippen MR) is 109 cm³/mol. The van der Waals surface area contributed by atoms with E-state index in [1.54, 1.807) is 51.7 Å². The Labute approximate surface area is 172 Å². The van der Waals surface area contributed by atoms with Gasteiger partial charge in [0.1, 0.15) is 5.69 Å². The van der Waals surface area contributed by atoms with E-state index in [0.717, 1.165) is 10.9 Å². The zero-order chi connectivity index (χ0) is 21.1. The first kappa shape index (κ1) is 19.4. The third kappa shape index (κ3) is 3.67. The fraction of sp³-hybridized carbons (Fsp3) is 0.182. The molecule has 0 atom stereocenters.